The average molecular weight is 466 g/mol. The molecule has 1 amide bonds. The molecule has 3 aromatic rings. The highest BCUT2D eigenvalue weighted by Gasteiger charge is 2.30. The fourth-order valence-electron chi connectivity index (χ4n) is 4.05. The first-order chi connectivity index (χ1) is 15.8. The molecule has 0 bridgehead atoms. The third-order valence-corrected chi connectivity index (χ3v) is 7.15. The van der Waals surface area contributed by atoms with E-state index in [2.05, 4.69) is 4.72 Å². The van der Waals surface area contributed by atoms with Crippen molar-refractivity contribution in [3.8, 4) is 0 Å². The van der Waals surface area contributed by atoms with Gasteiger partial charge in [-0.25, -0.2) is 8.42 Å². The van der Waals surface area contributed by atoms with Crippen molar-refractivity contribution in [2.45, 2.75) is 30.7 Å². The smallest absolute Gasteiger partial charge is 0.273 e. The Hall–Kier alpha value is -3.72. The third-order valence-electron chi connectivity index (χ3n) is 5.77. The summed E-state index contributed by atoms with van der Waals surface area (Å²) in [5.74, 6) is -0.107. The minimum Gasteiger partial charge on any atom is -0.332 e. The summed E-state index contributed by atoms with van der Waals surface area (Å²) in [5.41, 5.74) is 1.93. The molecule has 33 heavy (non-hydrogen) atoms. The second-order valence-electron chi connectivity index (χ2n) is 7.96. The molecule has 1 saturated heterocycles. The Bertz CT molecular complexity index is 1290. The van der Waals surface area contributed by atoms with Gasteiger partial charge in [0.25, 0.3) is 21.6 Å². The van der Waals surface area contributed by atoms with E-state index in [1.165, 1.54) is 24.3 Å². The third kappa shape index (κ3) is 4.73. The summed E-state index contributed by atoms with van der Waals surface area (Å²) in [6.07, 6.45) is 1.82. The highest BCUT2D eigenvalue weighted by atomic mass is 32.2. The number of sulfonamides is 1. The van der Waals surface area contributed by atoms with Crippen LogP contribution in [-0.2, 0) is 10.0 Å². The molecular weight excluding hydrogens is 442 g/mol. The number of rotatable bonds is 6. The molecule has 3 aromatic carbocycles. The number of benzene rings is 3. The molecule has 1 aliphatic heterocycles. The molecule has 1 atom stereocenters. The minimum absolute atomic E-state index is 0.0224. The number of aryl methyl sites for hydroxylation is 1. The predicted molar refractivity (Wildman–Crippen MR) is 125 cm³/mol. The zero-order chi connectivity index (χ0) is 23.6. The first-order valence-electron chi connectivity index (χ1n) is 10.5. The van der Waals surface area contributed by atoms with E-state index in [1.807, 2.05) is 35.2 Å². The van der Waals surface area contributed by atoms with E-state index in [4.69, 9.17) is 0 Å². The van der Waals surface area contributed by atoms with E-state index in [0.29, 0.717) is 17.7 Å². The summed E-state index contributed by atoms with van der Waals surface area (Å²) in [5, 5.41) is 11.1. The molecule has 0 radical (unpaired) electrons. The zero-order valence-electron chi connectivity index (χ0n) is 18.0. The molecule has 8 nitrogen and oxygen atoms in total. The molecule has 170 valence electrons. The van der Waals surface area contributed by atoms with Crippen LogP contribution in [0.15, 0.2) is 77.7 Å². The maximum absolute atomic E-state index is 13.1. The van der Waals surface area contributed by atoms with Crippen LogP contribution in [0.2, 0.25) is 0 Å². The van der Waals surface area contributed by atoms with E-state index in [1.54, 1.807) is 19.1 Å². The molecule has 0 aliphatic carbocycles. The number of carbonyl (C=O) groups is 1. The zero-order valence-corrected chi connectivity index (χ0v) is 18.8. The first kappa shape index (κ1) is 22.5. The van der Waals surface area contributed by atoms with Crippen molar-refractivity contribution >= 4 is 27.3 Å². The number of nitrogens with zero attached hydrogens (tertiary/aromatic N) is 2. The van der Waals surface area contributed by atoms with Crippen LogP contribution in [0, 0.1) is 17.0 Å². The van der Waals surface area contributed by atoms with E-state index < -0.39 is 14.9 Å². The van der Waals surface area contributed by atoms with Gasteiger partial charge < -0.3 is 4.90 Å². The molecule has 0 saturated carbocycles. The number of likely N-dealkylation sites (tertiary alicyclic amines) is 1. The Labute approximate surface area is 192 Å². The van der Waals surface area contributed by atoms with Crippen molar-refractivity contribution in [1.82, 2.24) is 4.90 Å². The van der Waals surface area contributed by atoms with Crippen molar-refractivity contribution in [2.75, 3.05) is 11.3 Å². The summed E-state index contributed by atoms with van der Waals surface area (Å²) in [7, 11) is -4.03. The van der Waals surface area contributed by atoms with Crippen LogP contribution in [0.25, 0.3) is 0 Å². The molecule has 0 spiro atoms. The normalized spacial score (nSPS) is 15.9. The van der Waals surface area contributed by atoms with E-state index in [9.17, 15) is 23.3 Å². The van der Waals surface area contributed by atoms with Crippen LogP contribution in [0.3, 0.4) is 0 Å². The Balaban J connectivity index is 1.51. The number of nitro groups is 1. The summed E-state index contributed by atoms with van der Waals surface area (Å²) >= 11 is 0. The van der Waals surface area contributed by atoms with Crippen molar-refractivity contribution in [3.63, 3.8) is 0 Å². The molecule has 1 N–H and O–H groups in total. The van der Waals surface area contributed by atoms with Gasteiger partial charge in [-0.1, -0.05) is 36.4 Å². The molecule has 9 heteroatoms. The Morgan fingerprint density at radius 2 is 1.76 bits per heavy atom. The van der Waals surface area contributed by atoms with Crippen molar-refractivity contribution in [2.24, 2.45) is 0 Å². The number of hydrogen-bond donors (Lipinski definition) is 1. The Kier molecular flexibility index (Phi) is 6.15. The topological polar surface area (TPSA) is 110 Å². The van der Waals surface area contributed by atoms with E-state index >= 15 is 0 Å². The number of amides is 1. The van der Waals surface area contributed by atoms with Crippen molar-refractivity contribution < 1.29 is 18.1 Å². The lowest BCUT2D eigenvalue weighted by Gasteiger charge is -2.25. The van der Waals surface area contributed by atoms with Crippen LogP contribution < -0.4 is 4.72 Å². The summed E-state index contributed by atoms with van der Waals surface area (Å²) in [6, 6.07) is 19.9. The standard InChI is InChI=1S/C24H23N3O5S/c1-17-9-14-21(16-23(17)27(29)30)33(31,32)25-20-12-10-19(11-13-20)24(28)26-15-5-8-22(26)18-6-3-2-4-7-18/h2-4,6-7,9-14,16,22,25H,5,8,15H2,1H3/t22-/m1/s1. The quantitative estimate of drug-likeness (QED) is 0.420. The first-order valence-corrected chi connectivity index (χ1v) is 12.0. The van der Waals surface area contributed by atoms with Gasteiger partial charge in [0.2, 0.25) is 0 Å². The number of nitro benzene ring substituents is 1. The maximum Gasteiger partial charge on any atom is 0.273 e. The maximum atomic E-state index is 13.1. The van der Waals surface area contributed by atoms with Gasteiger partial charge in [0.15, 0.2) is 0 Å². The molecule has 0 aromatic heterocycles. The fraction of sp³-hybridized carbons (Fsp3) is 0.208. The molecule has 1 heterocycles. The Morgan fingerprint density at radius 3 is 2.42 bits per heavy atom. The lowest BCUT2D eigenvalue weighted by atomic mass is 10.0. The molecule has 4 rings (SSSR count). The number of carbonyl (C=O) groups excluding carboxylic acids is 1. The fourth-order valence-corrected chi connectivity index (χ4v) is 5.12. The van der Waals surface area contributed by atoms with Crippen LogP contribution in [0.1, 0.15) is 40.4 Å². The number of nitrogens with one attached hydrogen (secondary N) is 1. The van der Waals surface area contributed by atoms with Crippen LogP contribution >= 0.6 is 0 Å². The highest BCUT2D eigenvalue weighted by molar-refractivity contribution is 7.92. The second kappa shape index (κ2) is 9.03. The number of hydrogen-bond acceptors (Lipinski definition) is 5. The summed E-state index contributed by atoms with van der Waals surface area (Å²) in [6.45, 7) is 2.21. The van der Waals surface area contributed by atoms with Gasteiger partial charge in [-0.3, -0.25) is 19.6 Å². The lowest BCUT2D eigenvalue weighted by molar-refractivity contribution is -0.385. The van der Waals surface area contributed by atoms with E-state index in [0.717, 1.165) is 24.5 Å². The van der Waals surface area contributed by atoms with Gasteiger partial charge in [-0.15, -0.1) is 0 Å². The van der Waals surface area contributed by atoms with Crippen LogP contribution in [-0.4, -0.2) is 30.7 Å². The van der Waals surface area contributed by atoms with Gasteiger partial charge in [0.05, 0.1) is 15.9 Å². The molecular formula is C24H23N3O5S. The van der Waals surface area contributed by atoms with Crippen molar-refractivity contribution in [1.29, 1.82) is 0 Å². The Morgan fingerprint density at radius 1 is 1.06 bits per heavy atom. The monoisotopic (exact) mass is 465 g/mol. The minimum atomic E-state index is -4.03. The molecule has 1 aliphatic rings. The SMILES string of the molecule is Cc1ccc(S(=O)(=O)Nc2ccc(C(=O)N3CCC[C@@H]3c3ccccc3)cc2)cc1[N+](=O)[O-]. The summed E-state index contributed by atoms with van der Waals surface area (Å²) in [4.78, 5) is 25.3. The van der Waals surface area contributed by atoms with Gasteiger partial charge in [0.1, 0.15) is 0 Å². The highest BCUT2D eigenvalue weighted by Crippen LogP contribution is 2.33. The van der Waals surface area contributed by atoms with E-state index in [-0.39, 0.29) is 28.2 Å². The van der Waals surface area contributed by atoms with Gasteiger partial charge >= 0.3 is 0 Å². The number of anilines is 1. The van der Waals surface area contributed by atoms with Crippen LogP contribution in [0.5, 0.6) is 0 Å². The van der Waals surface area contributed by atoms with Gasteiger partial charge in [-0.05, 0) is 55.7 Å². The molecule has 1 fully saturated rings. The van der Waals surface area contributed by atoms with Crippen LogP contribution in [0.4, 0.5) is 11.4 Å². The molecule has 0 unspecified atom stereocenters. The van der Waals surface area contributed by atoms with Gasteiger partial charge in [0, 0.05) is 29.4 Å². The average Bonchev–Trinajstić information content (AvgIpc) is 3.29. The largest absolute Gasteiger partial charge is 0.332 e. The predicted octanol–water partition coefficient (Wildman–Crippen LogP) is 4.68. The summed E-state index contributed by atoms with van der Waals surface area (Å²) < 4.78 is 27.8. The van der Waals surface area contributed by atoms with Crippen molar-refractivity contribution in [3.05, 3.63) is 99.6 Å². The lowest BCUT2D eigenvalue weighted by Crippen LogP contribution is -2.30. The second-order valence-corrected chi connectivity index (χ2v) is 9.64. The van der Waals surface area contributed by atoms with Gasteiger partial charge in [-0.2, -0.15) is 0 Å².